The zero-order valence-electron chi connectivity index (χ0n) is 16.3. The average molecular weight is 432 g/mol. The number of carbonyl (C=O) groups excluding carboxylic acids is 1. The first-order valence-corrected chi connectivity index (χ1v) is 10.3. The normalized spacial score (nSPS) is 33.0. The van der Waals surface area contributed by atoms with Crippen molar-refractivity contribution in [3.8, 4) is 5.75 Å². The summed E-state index contributed by atoms with van der Waals surface area (Å²) in [4.78, 5) is 13.0. The molecule has 2 unspecified atom stereocenters. The molecule has 0 radical (unpaired) electrons. The van der Waals surface area contributed by atoms with Crippen molar-refractivity contribution in [2.45, 2.75) is 49.6 Å². The van der Waals surface area contributed by atoms with E-state index in [4.69, 9.17) is 21.1 Å². The van der Waals surface area contributed by atoms with Crippen LogP contribution in [0.5, 0.6) is 5.75 Å². The van der Waals surface area contributed by atoms with E-state index in [0.717, 1.165) is 44.2 Å². The summed E-state index contributed by atoms with van der Waals surface area (Å²) in [5.41, 5.74) is -1.39. The van der Waals surface area contributed by atoms with Crippen LogP contribution >= 0.6 is 11.6 Å². The number of carbonyl (C=O) groups is 1. The first kappa shape index (κ1) is 20.8. The third kappa shape index (κ3) is 4.08. The number of halogens is 4. The lowest BCUT2D eigenvalue weighted by Gasteiger charge is -2.59. The number of alkyl halides is 4. The molecule has 4 nitrogen and oxygen atoms in total. The molecule has 29 heavy (non-hydrogen) atoms. The molecule has 0 aliphatic heterocycles. The third-order valence-electron chi connectivity index (χ3n) is 6.57. The highest BCUT2D eigenvalue weighted by molar-refractivity contribution is 6.24. The van der Waals surface area contributed by atoms with Crippen LogP contribution in [0.1, 0.15) is 44.1 Å². The molecule has 4 aliphatic carbocycles. The quantitative estimate of drug-likeness (QED) is 0.494. The molecule has 4 saturated carbocycles. The van der Waals surface area contributed by atoms with Gasteiger partial charge in [-0.15, -0.1) is 11.6 Å². The van der Waals surface area contributed by atoms with Crippen LogP contribution in [0.15, 0.2) is 18.2 Å². The van der Waals surface area contributed by atoms with Gasteiger partial charge >= 0.3 is 6.18 Å². The van der Waals surface area contributed by atoms with Gasteiger partial charge in [-0.1, -0.05) is 0 Å². The molecule has 2 atom stereocenters. The fourth-order valence-electron chi connectivity index (χ4n) is 5.84. The highest BCUT2D eigenvalue weighted by Crippen LogP contribution is 2.64. The lowest BCUT2D eigenvalue weighted by atomic mass is 9.49. The van der Waals surface area contributed by atoms with Gasteiger partial charge in [0.05, 0.1) is 23.3 Å². The second-order valence-corrected chi connectivity index (χ2v) is 9.70. The van der Waals surface area contributed by atoms with E-state index in [2.05, 4.69) is 5.32 Å². The van der Waals surface area contributed by atoms with Crippen molar-refractivity contribution in [1.82, 2.24) is 0 Å². The van der Waals surface area contributed by atoms with E-state index >= 15 is 0 Å². The Labute approximate surface area is 173 Å². The van der Waals surface area contributed by atoms with Crippen LogP contribution in [0.4, 0.5) is 18.9 Å². The Bertz CT molecular complexity index is 784. The Morgan fingerprint density at radius 3 is 2.48 bits per heavy atom. The minimum Gasteiger partial charge on any atom is -0.489 e. The van der Waals surface area contributed by atoms with Gasteiger partial charge in [0.1, 0.15) is 12.4 Å². The Balaban J connectivity index is 1.59. The third-order valence-corrected chi connectivity index (χ3v) is 7.01. The van der Waals surface area contributed by atoms with Crippen molar-refractivity contribution in [1.29, 1.82) is 0 Å². The molecule has 5 rings (SSSR count). The van der Waals surface area contributed by atoms with Crippen LogP contribution in [0.3, 0.4) is 0 Å². The van der Waals surface area contributed by atoms with Gasteiger partial charge in [0.15, 0.2) is 0 Å². The molecule has 0 aromatic heterocycles. The summed E-state index contributed by atoms with van der Waals surface area (Å²) in [6, 6.07) is 3.14. The highest BCUT2D eigenvalue weighted by atomic mass is 35.5. The van der Waals surface area contributed by atoms with Crippen molar-refractivity contribution in [2.24, 2.45) is 17.3 Å². The standard InChI is InChI=1S/C21H25ClF3NO3/c1-28-4-5-29-17-3-2-15(21(23,24)25)7-16(17)26-18(27)19-8-13-6-14(9-19)11-20(22,10-13)12-19/h2-3,7,13-14H,4-6,8-12H2,1H3,(H,26,27). The summed E-state index contributed by atoms with van der Waals surface area (Å²) in [5, 5.41) is 2.76. The van der Waals surface area contributed by atoms with Crippen molar-refractivity contribution in [2.75, 3.05) is 25.6 Å². The van der Waals surface area contributed by atoms with Crippen molar-refractivity contribution in [3.63, 3.8) is 0 Å². The second kappa shape index (κ2) is 7.34. The monoisotopic (exact) mass is 431 g/mol. The van der Waals surface area contributed by atoms with Crippen LogP contribution in [0.25, 0.3) is 0 Å². The van der Waals surface area contributed by atoms with E-state index in [9.17, 15) is 18.0 Å². The number of methoxy groups -OCH3 is 1. The van der Waals surface area contributed by atoms with Gasteiger partial charge in [-0.3, -0.25) is 4.79 Å². The van der Waals surface area contributed by atoms with Crippen molar-refractivity contribution >= 4 is 23.2 Å². The topological polar surface area (TPSA) is 47.6 Å². The summed E-state index contributed by atoms with van der Waals surface area (Å²) in [7, 11) is 1.51. The summed E-state index contributed by atoms with van der Waals surface area (Å²) in [5.74, 6) is 0.790. The minimum atomic E-state index is -4.51. The average Bonchev–Trinajstić information content (AvgIpc) is 2.60. The highest BCUT2D eigenvalue weighted by Gasteiger charge is 2.60. The molecule has 4 bridgehead atoms. The Morgan fingerprint density at radius 1 is 1.21 bits per heavy atom. The van der Waals surface area contributed by atoms with Crippen LogP contribution in [0, 0.1) is 17.3 Å². The molecule has 8 heteroatoms. The van der Waals surface area contributed by atoms with E-state index in [0.29, 0.717) is 18.3 Å². The number of hydrogen-bond donors (Lipinski definition) is 1. The molecule has 1 aromatic rings. The first-order valence-electron chi connectivity index (χ1n) is 9.96. The molecule has 0 spiro atoms. The molecule has 4 aliphatic rings. The largest absolute Gasteiger partial charge is 0.489 e. The van der Waals surface area contributed by atoms with Gasteiger partial charge in [-0.2, -0.15) is 13.2 Å². The predicted molar refractivity (Wildman–Crippen MR) is 103 cm³/mol. The Kier molecular flexibility index (Phi) is 5.26. The molecule has 4 fully saturated rings. The second-order valence-electron chi connectivity index (χ2n) is 8.90. The van der Waals surface area contributed by atoms with Gasteiger partial charge in [-0.25, -0.2) is 0 Å². The van der Waals surface area contributed by atoms with Crippen LogP contribution < -0.4 is 10.1 Å². The van der Waals surface area contributed by atoms with Gasteiger partial charge in [0.2, 0.25) is 5.91 Å². The SMILES string of the molecule is COCCOc1ccc(C(F)(F)F)cc1NC(=O)C12CC3CC(CC(Cl)(C3)C1)C2. The zero-order chi connectivity index (χ0) is 20.9. The lowest BCUT2D eigenvalue weighted by molar-refractivity contribution is -0.139. The molecular formula is C21H25ClF3NO3. The number of anilines is 1. The summed E-state index contributed by atoms with van der Waals surface area (Å²) in [6.07, 6.45) is 0.526. The van der Waals surface area contributed by atoms with E-state index in [1.54, 1.807) is 0 Å². The molecule has 0 saturated heterocycles. The van der Waals surface area contributed by atoms with Gasteiger partial charge in [-0.05, 0) is 68.6 Å². The molecule has 1 N–H and O–H groups in total. The van der Waals surface area contributed by atoms with E-state index in [-0.39, 0.29) is 35.4 Å². The Morgan fingerprint density at radius 2 is 1.90 bits per heavy atom. The first-order chi connectivity index (χ1) is 13.6. The smallest absolute Gasteiger partial charge is 0.416 e. The molecular weight excluding hydrogens is 407 g/mol. The molecule has 160 valence electrons. The maximum atomic E-state index is 13.3. The maximum absolute atomic E-state index is 13.3. The lowest BCUT2D eigenvalue weighted by Crippen LogP contribution is -2.57. The number of ether oxygens (including phenoxy) is 2. The summed E-state index contributed by atoms with van der Waals surface area (Å²) >= 11 is 6.80. The van der Waals surface area contributed by atoms with Gasteiger partial charge in [0, 0.05) is 12.0 Å². The number of nitrogens with one attached hydrogen (secondary N) is 1. The van der Waals surface area contributed by atoms with Gasteiger partial charge < -0.3 is 14.8 Å². The Hall–Kier alpha value is -1.47. The minimum absolute atomic E-state index is 0.0419. The maximum Gasteiger partial charge on any atom is 0.416 e. The number of hydrogen-bond acceptors (Lipinski definition) is 3. The van der Waals surface area contributed by atoms with Crippen LogP contribution in [-0.4, -0.2) is 31.1 Å². The number of amides is 1. The van der Waals surface area contributed by atoms with E-state index < -0.39 is 17.2 Å². The zero-order valence-corrected chi connectivity index (χ0v) is 17.0. The fourth-order valence-corrected chi connectivity index (χ4v) is 6.53. The molecule has 1 aromatic carbocycles. The number of rotatable bonds is 6. The summed E-state index contributed by atoms with van der Waals surface area (Å²) < 4.78 is 50.1. The molecule has 1 amide bonds. The van der Waals surface area contributed by atoms with Crippen LogP contribution in [-0.2, 0) is 15.7 Å². The van der Waals surface area contributed by atoms with Crippen molar-refractivity contribution < 1.29 is 27.4 Å². The predicted octanol–water partition coefficient (Wildman–Crippen LogP) is 5.25. The van der Waals surface area contributed by atoms with E-state index in [1.807, 2.05) is 0 Å². The summed E-state index contributed by atoms with van der Waals surface area (Å²) in [6.45, 7) is 0.460. The van der Waals surface area contributed by atoms with Crippen molar-refractivity contribution in [3.05, 3.63) is 23.8 Å². The van der Waals surface area contributed by atoms with Gasteiger partial charge in [0.25, 0.3) is 0 Å². The number of benzene rings is 1. The van der Waals surface area contributed by atoms with E-state index in [1.165, 1.54) is 13.2 Å². The molecule has 0 heterocycles. The van der Waals surface area contributed by atoms with Crippen LogP contribution in [0.2, 0.25) is 0 Å². The fraction of sp³-hybridized carbons (Fsp3) is 0.667.